The number of hydrogen-bond donors (Lipinski definition) is 1. The Balaban J connectivity index is 1.60. The van der Waals surface area contributed by atoms with Crippen molar-refractivity contribution in [2.45, 2.75) is 13.1 Å². The number of halogens is 1. The van der Waals surface area contributed by atoms with Crippen molar-refractivity contribution < 1.29 is 4.79 Å². The van der Waals surface area contributed by atoms with Crippen LogP contribution in [0.2, 0.25) is 5.02 Å². The minimum Gasteiger partial charge on any atom is -0.345 e. The van der Waals surface area contributed by atoms with Crippen LogP contribution in [0.25, 0.3) is 11.2 Å². The van der Waals surface area contributed by atoms with Gasteiger partial charge in [-0.15, -0.1) is 0 Å². The van der Waals surface area contributed by atoms with Gasteiger partial charge in [-0.1, -0.05) is 41.9 Å². The molecule has 0 bridgehead atoms. The zero-order valence-electron chi connectivity index (χ0n) is 14.5. The Hall–Kier alpha value is -3.18. The van der Waals surface area contributed by atoms with E-state index in [-0.39, 0.29) is 5.91 Å². The first-order valence-electron chi connectivity index (χ1n) is 8.58. The van der Waals surface area contributed by atoms with E-state index in [4.69, 9.17) is 11.6 Å². The van der Waals surface area contributed by atoms with Crippen molar-refractivity contribution in [1.82, 2.24) is 19.9 Å². The van der Waals surface area contributed by atoms with Crippen molar-refractivity contribution in [2.75, 3.05) is 0 Å². The predicted molar refractivity (Wildman–Crippen MR) is 106 cm³/mol. The molecule has 0 aliphatic heterocycles. The van der Waals surface area contributed by atoms with Crippen molar-refractivity contribution in [3.8, 4) is 0 Å². The molecule has 1 N–H and O–H groups in total. The van der Waals surface area contributed by atoms with Crippen LogP contribution in [0.15, 0.2) is 72.9 Å². The van der Waals surface area contributed by atoms with E-state index in [2.05, 4.69) is 27.4 Å². The summed E-state index contributed by atoms with van der Waals surface area (Å²) < 4.78 is 2.03. The summed E-state index contributed by atoms with van der Waals surface area (Å²) in [5, 5.41) is 3.53. The van der Waals surface area contributed by atoms with Gasteiger partial charge in [0.15, 0.2) is 5.65 Å². The highest BCUT2D eigenvalue weighted by molar-refractivity contribution is 6.30. The summed E-state index contributed by atoms with van der Waals surface area (Å²) in [6.07, 6.45) is 1.75. The van der Waals surface area contributed by atoms with E-state index in [1.54, 1.807) is 30.5 Å². The van der Waals surface area contributed by atoms with Gasteiger partial charge in [0.2, 0.25) is 0 Å². The second-order valence-electron chi connectivity index (χ2n) is 6.14. The number of nitrogens with one attached hydrogen (secondary N) is 1. The van der Waals surface area contributed by atoms with Crippen molar-refractivity contribution in [1.29, 1.82) is 0 Å². The number of pyridine rings is 1. The van der Waals surface area contributed by atoms with Crippen LogP contribution in [-0.4, -0.2) is 20.4 Å². The number of hydrogen-bond acceptors (Lipinski definition) is 3. The molecule has 0 aliphatic carbocycles. The monoisotopic (exact) mass is 376 g/mol. The molecule has 1 amide bonds. The van der Waals surface area contributed by atoms with Gasteiger partial charge < -0.3 is 9.88 Å². The Morgan fingerprint density at radius 3 is 2.56 bits per heavy atom. The SMILES string of the molecule is O=C(NCc1nc2cccnc2n1Cc1ccccc1)c1ccc(Cl)cc1. The van der Waals surface area contributed by atoms with Crippen LogP contribution in [0.5, 0.6) is 0 Å². The number of aromatic nitrogens is 3. The number of carbonyl (C=O) groups excluding carboxylic acids is 1. The molecule has 0 spiro atoms. The van der Waals surface area contributed by atoms with Gasteiger partial charge in [-0.3, -0.25) is 4.79 Å². The molecule has 0 aliphatic rings. The van der Waals surface area contributed by atoms with Gasteiger partial charge in [0, 0.05) is 16.8 Å². The highest BCUT2D eigenvalue weighted by Gasteiger charge is 2.13. The maximum atomic E-state index is 12.4. The van der Waals surface area contributed by atoms with Crippen LogP contribution >= 0.6 is 11.6 Å². The van der Waals surface area contributed by atoms with Gasteiger partial charge >= 0.3 is 0 Å². The van der Waals surface area contributed by atoms with E-state index in [1.807, 2.05) is 34.9 Å². The predicted octanol–water partition coefficient (Wildman–Crippen LogP) is 4.06. The third-order valence-electron chi connectivity index (χ3n) is 4.28. The zero-order valence-corrected chi connectivity index (χ0v) is 15.2. The molecule has 134 valence electrons. The molecule has 0 atom stereocenters. The summed E-state index contributed by atoms with van der Waals surface area (Å²) in [7, 11) is 0. The first-order chi connectivity index (χ1) is 13.2. The number of imidazole rings is 1. The molecule has 0 saturated carbocycles. The Morgan fingerprint density at radius 1 is 1.00 bits per heavy atom. The van der Waals surface area contributed by atoms with Crippen LogP contribution in [0, 0.1) is 0 Å². The summed E-state index contributed by atoms with van der Waals surface area (Å²) in [4.78, 5) is 21.5. The van der Waals surface area contributed by atoms with Crippen molar-refractivity contribution in [2.24, 2.45) is 0 Å². The van der Waals surface area contributed by atoms with Gasteiger partial charge in [0.25, 0.3) is 5.91 Å². The van der Waals surface area contributed by atoms with Crippen molar-refractivity contribution >= 4 is 28.7 Å². The molecule has 6 heteroatoms. The maximum Gasteiger partial charge on any atom is 0.251 e. The van der Waals surface area contributed by atoms with Crippen molar-refractivity contribution in [3.63, 3.8) is 0 Å². The van der Waals surface area contributed by atoms with E-state index < -0.39 is 0 Å². The lowest BCUT2D eigenvalue weighted by atomic mass is 10.2. The number of rotatable bonds is 5. The molecule has 2 aromatic heterocycles. The quantitative estimate of drug-likeness (QED) is 0.571. The Morgan fingerprint density at radius 2 is 1.78 bits per heavy atom. The average molecular weight is 377 g/mol. The lowest BCUT2D eigenvalue weighted by Crippen LogP contribution is -2.24. The van der Waals surface area contributed by atoms with Gasteiger partial charge in [-0.2, -0.15) is 0 Å². The summed E-state index contributed by atoms with van der Waals surface area (Å²) in [5.41, 5.74) is 3.32. The lowest BCUT2D eigenvalue weighted by Gasteiger charge is -2.10. The number of carbonyl (C=O) groups is 1. The maximum absolute atomic E-state index is 12.4. The van der Waals surface area contributed by atoms with E-state index in [0.29, 0.717) is 23.7 Å². The fourth-order valence-corrected chi connectivity index (χ4v) is 3.06. The fourth-order valence-electron chi connectivity index (χ4n) is 2.94. The van der Waals surface area contributed by atoms with E-state index in [9.17, 15) is 4.79 Å². The Labute approximate surface area is 161 Å². The van der Waals surface area contributed by atoms with Crippen LogP contribution < -0.4 is 5.32 Å². The first kappa shape index (κ1) is 17.2. The van der Waals surface area contributed by atoms with Crippen LogP contribution in [0.1, 0.15) is 21.7 Å². The smallest absolute Gasteiger partial charge is 0.251 e. The van der Waals surface area contributed by atoms with Crippen molar-refractivity contribution in [3.05, 3.63) is 94.9 Å². The average Bonchev–Trinajstić information content (AvgIpc) is 3.05. The van der Waals surface area contributed by atoms with Gasteiger partial charge in [0.05, 0.1) is 13.1 Å². The van der Waals surface area contributed by atoms with E-state index >= 15 is 0 Å². The third-order valence-corrected chi connectivity index (χ3v) is 4.53. The zero-order chi connectivity index (χ0) is 18.6. The highest BCUT2D eigenvalue weighted by Crippen LogP contribution is 2.16. The number of nitrogens with zero attached hydrogens (tertiary/aromatic N) is 3. The number of amides is 1. The van der Waals surface area contributed by atoms with Gasteiger partial charge in [0.1, 0.15) is 11.3 Å². The third kappa shape index (κ3) is 3.83. The topological polar surface area (TPSA) is 59.8 Å². The number of fused-ring (bicyclic) bond motifs is 1. The molecular weight excluding hydrogens is 360 g/mol. The molecular formula is C21H17ClN4O. The molecule has 0 saturated heterocycles. The van der Waals surface area contributed by atoms with E-state index in [0.717, 1.165) is 22.6 Å². The molecule has 5 nitrogen and oxygen atoms in total. The Kier molecular flexibility index (Phi) is 4.85. The second kappa shape index (κ2) is 7.60. The van der Waals surface area contributed by atoms with Crippen LogP contribution in [0.4, 0.5) is 0 Å². The summed E-state index contributed by atoms with van der Waals surface area (Å²) in [5.74, 6) is 0.591. The molecule has 0 unspecified atom stereocenters. The van der Waals surface area contributed by atoms with Gasteiger partial charge in [-0.25, -0.2) is 9.97 Å². The molecule has 2 aromatic carbocycles. The second-order valence-corrected chi connectivity index (χ2v) is 6.57. The number of benzene rings is 2. The lowest BCUT2D eigenvalue weighted by molar-refractivity contribution is 0.0949. The largest absolute Gasteiger partial charge is 0.345 e. The summed E-state index contributed by atoms with van der Waals surface area (Å²) >= 11 is 5.88. The molecule has 0 radical (unpaired) electrons. The molecule has 27 heavy (non-hydrogen) atoms. The van der Waals surface area contributed by atoms with E-state index in [1.165, 1.54) is 0 Å². The minimum absolute atomic E-state index is 0.169. The highest BCUT2D eigenvalue weighted by atomic mass is 35.5. The molecule has 4 aromatic rings. The summed E-state index contributed by atoms with van der Waals surface area (Å²) in [6, 6.07) is 20.7. The fraction of sp³-hybridized carbons (Fsp3) is 0.0952. The minimum atomic E-state index is -0.169. The van der Waals surface area contributed by atoms with Crippen LogP contribution in [0.3, 0.4) is 0 Å². The standard InChI is InChI=1S/C21H17ClN4O/c22-17-10-8-16(9-11-17)21(27)24-13-19-25-18-7-4-12-23-20(18)26(19)14-15-5-2-1-3-6-15/h1-12H,13-14H2,(H,24,27). The summed E-state index contributed by atoms with van der Waals surface area (Å²) in [6.45, 7) is 0.950. The van der Waals surface area contributed by atoms with Gasteiger partial charge in [-0.05, 0) is 42.0 Å². The molecule has 4 rings (SSSR count). The molecule has 0 fully saturated rings. The van der Waals surface area contributed by atoms with Crippen LogP contribution in [-0.2, 0) is 13.1 Å². The Bertz CT molecular complexity index is 1070. The molecule has 2 heterocycles. The normalized spacial score (nSPS) is 10.9. The first-order valence-corrected chi connectivity index (χ1v) is 8.96.